The van der Waals surface area contributed by atoms with Crippen molar-refractivity contribution in [3.63, 3.8) is 0 Å². The van der Waals surface area contributed by atoms with E-state index in [1.807, 2.05) is 0 Å². The molecule has 2 aliphatic rings. The van der Waals surface area contributed by atoms with E-state index in [4.69, 9.17) is 14.6 Å². The second-order valence-electron chi connectivity index (χ2n) is 9.39. The molecule has 29 heavy (non-hydrogen) atoms. The quantitative estimate of drug-likeness (QED) is 0.282. The van der Waals surface area contributed by atoms with Crippen molar-refractivity contribution in [3.05, 3.63) is 41.0 Å². The molecular formula is C24H32O5. The minimum Gasteiger partial charge on any atom is -0.478 e. The van der Waals surface area contributed by atoms with E-state index in [9.17, 15) is 9.59 Å². The van der Waals surface area contributed by atoms with E-state index in [1.54, 1.807) is 12.1 Å². The third-order valence-electron chi connectivity index (χ3n) is 6.36. The summed E-state index contributed by atoms with van der Waals surface area (Å²) in [6, 6.07) is 6.02. The zero-order valence-corrected chi connectivity index (χ0v) is 18.1. The number of rotatable bonds is 7. The molecule has 1 heterocycles. The highest BCUT2D eigenvalue weighted by Crippen LogP contribution is 2.58. The van der Waals surface area contributed by atoms with E-state index in [2.05, 4.69) is 34.6 Å². The van der Waals surface area contributed by atoms with Crippen LogP contribution in [0.5, 0.6) is 5.75 Å². The van der Waals surface area contributed by atoms with Gasteiger partial charge >= 0.3 is 11.9 Å². The molecule has 1 aliphatic heterocycles. The van der Waals surface area contributed by atoms with Crippen LogP contribution in [0.1, 0.15) is 83.5 Å². The highest BCUT2D eigenvalue weighted by atomic mass is 16.5. The maximum atomic E-state index is 13.4. The van der Waals surface area contributed by atoms with Crippen LogP contribution in [0, 0.1) is 5.41 Å². The van der Waals surface area contributed by atoms with E-state index in [-0.39, 0.29) is 22.7 Å². The van der Waals surface area contributed by atoms with Crippen molar-refractivity contribution in [2.75, 3.05) is 0 Å². The molecule has 0 spiro atoms. The predicted molar refractivity (Wildman–Crippen MR) is 111 cm³/mol. The van der Waals surface area contributed by atoms with E-state index in [0.29, 0.717) is 18.6 Å². The Bertz CT molecular complexity index is 803. The Balaban J connectivity index is 1.84. The summed E-state index contributed by atoms with van der Waals surface area (Å²) in [5.74, 6) is -0.839. The summed E-state index contributed by atoms with van der Waals surface area (Å²) in [5.41, 5.74) is 1.30. The molecule has 1 aromatic rings. The molecule has 0 radical (unpaired) electrons. The smallest absolute Gasteiger partial charge is 0.335 e. The number of carbonyl (C=O) groups is 2. The van der Waals surface area contributed by atoms with Gasteiger partial charge in [0.2, 0.25) is 0 Å². The molecule has 1 N–H and O–H groups in total. The monoisotopic (exact) mass is 400 g/mol. The van der Waals surface area contributed by atoms with Crippen molar-refractivity contribution in [3.8, 4) is 5.75 Å². The fourth-order valence-corrected chi connectivity index (χ4v) is 4.88. The third kappa shape index (κ3) is 4.11. The second-order valence-corrected chi connectivity index (χ2v) is 9.39. The first-order valence-electron chi connectivity index (χ1n) is 10.5. The first-order chi connectivity index (χ1) is 13.5. The number of ether oxygens (including phenoxy) is 2. The Morgan fingerprint density at radius 1 is 1.00 bits per heavy atom. The van der Waals surface area contributed by atoms with Gasteiger partial charge in [0.05, 0.1) is 22.2 Å². The van der Waals surface area contributed by atoms with Crippen LogP contribution in [-0.4, -0.2) is 28.2 Å². The van der Waals surface area contributed by atoms with Gasteiger partial charge in [-0.05, 0) is 82.4 Å². The Hall–Kier alpha value is -2.14. The average Bonchev–Trinajstić information content (AvgIpc) is 3.11. The van der Waals surface area contributed by atoms with E-state index in [1.165, 1.54) is 23.3 Å². The summed E-state index contributed by atoms with van der Waals surface area (Å²) in [5, 5.41) is 9.06. The number of benzene rings is 1. The van der Waals surface area contributed by atoms with Crippen LogP contribution in [0.4, 0.5) is 0 Å². The minimum atomic E-state index is -1.00. The van der Waals surface area contributed by atoms with Crippen LogP contribution in [0.2, 0.25) is 0 Å². The molecule has 0 saturated carbocycles. The van der Waals surface area contributed by atoms with Crippen LogP contribution in [-0.2, 0) is 9.53 Å². The lowest BCUT2D eigenvalue weighted by molar-refractivity contribution is -0.147. The van der Waals surface area contributed by atoms with Gasteiger partial charge in [0.1, 0.15) is 5.75 Å². The lowest BCUT2D eigenvalue weighted by Gasteiger charge is -2.35. The zero-order chi connectivity index (χ0) is 21.4. The summed E-state index contributed by atoms with van der Waals surface area (Å²) < 4.78 is 12.0. The SMILES string of the molecule is CCCCCC1(C(=O)Oc2ccc(C(=O)O)cc2)CC2=C(C1)C(C)(C)OC2(C)C. The maximum absolute atomic E-state index is 13.4. The Morgan fingerprint density at radius 2 is 1.55 bits per heavy atom. The first kappa shape index (κ1) is 21.6. The summed E-state index contributed by atoms with van der Waals surface area (Å²) in [7, 11) is 0. The molecule has 0 amide bonds. The Labute approximate surface area is 173 Å². The van der Waals surface area contributed by atoms with Crippen molar-refractivity contribution in [1.82, 2.24) is 0 Å². The first-order valence-corrected chi connectivity index (χ1v) is 10.5. The predicted octanol–water partition coefficient (Wildman–Crippen LogP) is 5.53. The minimum absolute atomic E-state index is 0.171. The zero-order valence-electron chi connectivity index (χ0n) is 18.1. The molecule has 0 aromatic heterocycles. The number of aromatic carboxylic acids is 1. The van der Waals surface area contributed by atoms with Gasteiger partial charge in [-0.3, -0.25) is 4.79 Å². The summed E-state index contributed by atoms with van der Waals surface area (Å²) in [6.45, 7) is 10.5. The van der Waals surface area contributed by atoms with E-state index >= 15 is 0 Å². The molecular weight excluding hydrogens is 368 g/mol. The highest BCUT2D eigenvalue weighted by molar-refractivity contribution is 5.88. The molecule has 3 rings (SSSR count). The number of carbonyl (C=O) groups excluding carboxylic acids is 1. The van der Waals surface area contributed by atoms with Crippen molar-refractivity contribution < 1.29 is 24.2 Å². The number of carboxylic acid groups (broad SMARTS) is 1. The molecule has 0 bridgehead atoms. The molecule has 5 nitrogen and oxygen atoms in total. The lowest BCUT2D eigenvalue weighted by atomic mass is 9.76. The Kier molecular flexibility index (Phi) is 5.65. The van der Waals surface area contributed by atoms with Crippen molar-refractivity contribution >= 4 is 11.9 Å². The Morgan fingerprint density at radius 3 is 2.03 bits per heavy atom. The largest absolute Gasteiger partial charge is 0.478 e. The van der Waals surface area contributed by atoms with Crippen molar-refractivity contribution in [2.45, 2.75) is 84.3 Å². The van der Waals surface area contributed by atoms with Gasteiger partial charge in [0.15, 0.2) is 0 Å². The summed E-state index contributed by atoms with van der Waals surface area (Å²) in [4.78, 5) is 24.4. The van der Waals surface area contributed by atoms with Gasteiger partial charge in [0, 0.05) is 0 Å². The van der Waals surface area contributed by atoms with E-state index < -0.39 is 11.4 Å². The fraction of sp³-hybridized carbons (Fsp3) is 0.583. The van der Waals surface area contributed by atoms with Crippen LogP contribution < -0.4 is 4.74 Å². The normalized spacial score (nSPS) is 21.1. The van der Waals surface area contributed by atoms with Gasteiger partial charge in [-0.2, -0.15) is 0 Å². The number of hydrogen-bond donors (Lipinski definition) is 1. The number of unbranched alkanes of at least 4 members (excludes halogenated alkanes) is 2. The van der Waals surface area contributed by atoms with Crippen LogP contribution in [0.3, 0.4) is 0 Å². The number of carboxylic acids is 1. The van der Waals surface area contributed by atoms with Gasteiger partial charge in [-0.25, -0.2) is 4.79 Å². The van der Waals surface area contributed by atoms with Crippen molar-refractivity contribution in [2.24, 2.45) is 5.41 Å². The van der Waals surface area contributed by atoms with Gasteiger partial charge in [0.25, 0.3) is 0 Å². The average molecular weight is 401 g/mol. The molecule has 0 atom stereocenters. The molecule has 0 fully saturated rings. The third-order valence-corrected chi connectivity index (χ3v) is 6.36. The number of esters is 1. The van der Waals surface area contributed by atoms with Crippen molar-refractivity contribution in [1.29, 1.82) is 0 Å². The van der Waals surface area contributed by atoms with Crippen LogP contribution in [0.15, 0.2) is 35.4 Å². The molecule has 5 heteroatoms. The standard InChI is InChI=1S/C24H32O5/c1-6-7-8-13-24(14-18-19(15-24)23(4,5)29-22(18,2)3)21(27)28-17-11-9-16(10-12-17)20(25)26/h9-12H,6-8,13-15H2,1-5H3,(H,25,26). The van der Waals surface area contributed by atoms with Crippen LogP contribution >= 0.6 is 0 Å². The molecule has 1 aromatic carbocycles. The fourth-order valence-electron chi connectivity index (χ4n) is 4.88. The molecule has 1 aliphatic carbocycles. The van der Waals surface area contributed by atoms with Gasteiger partial charge in [-0.15, -0.1) is 0 Å². The molecule has 158 valence electrons. The summed E-state index contributed by atoms with van der Waals surface area (Å²) >= 11 is 0. The van der Waals surface area contributed by atoms with E-state index in [0.717, 1.165) is 25.7 Å². The topological polar surface area (TPSA) is 72.8 Å². The van der Waals surface area contributed by atoms with Gasteiger partial charge in [-0.1, -0.05) is 26.2 Å². The summed E-state index contributed by atoms with van der Waals surface area (Å²) in [6.07, 6.45) is 5.26. The lowest BCUT2D eigenvalue weighted by Crippen LogP contribution is -2.39. The number of hydrogen-bond acceptors (Lipinski definition) is 4. The maximum Gasteiger partial charge on any atom is 0.335 e. The molecule has 0 unspecified atom stereocenters. The molecule has 0 saturated heterocycles. The van der Waals surface area contributed by atoms with Crippen LogP contribution in [0.25, 0.3) is 0 Å². The highest BCUT2D eigenvalue weighted by Gasteiger charge is 2.56. The second kappa shape index (κ2) is 7.60. The van der Waals surface area contributed by atoms with Gasteiger partial charge < -0.3 is 14.6 Å².